The molecule has 0 saturated carbocycles. The molecule has 1 fully saturated rings. The zero-order valence-electron chi connectivity index (χ0n) is 16.5. The third kappa shape index (κ3) is 4.99. The number of primary amides is 1. The minimum Gasteiger partial charge on any atom is -0.369 e. The van der Waals surface area contributed by atoms with Crippen molar-refractivity contribution in [2.75, 3.05) is 13.1 Å². The number of carbonyl (C=O) groups is 2. The van der Waals surface area contributed by atoms with Crippen LogP contribution in [0.25, 0.3) is 0 Å². The molecular weight excluding hydrogens is 326 g/mol. The van der Waals surface area contributed by atoms with Crippen molar-refractivity contribution in [3.8, 4) is 0 Å². The highest BCUT2D eigenvalue weighted by Gasteiger charge is 2.28. The smallest absolute Gasteiger partial charge is 0.317 e. The summed E-state index contributed by atoms with van der Waals surface area (Å²) in [4.78, 5) is 25.8. The van der Waals surface area contributed by atoms with Crippen LogP contribution < -0.4 is 11.1 Å². The van der Waals surface area contributed by atoms with Crippen molar-refractivity contribution >= 4 is 11.9 Å². The summed E-state index contributed by atoms with van der Waals surface area (Å²) in [5, 5.41) is 3.18. The Labute approximate surface area is 157 Å². The van der Waals surface area contributed by atoms with E-state index in [2.05, 4.69) is 57.3 Å². The predicted octanol–water partition coefficient (Wildman–Crippen LogP) is 3.80. The number of piperidine rings is 1. The topological polar surface area (TPSA) is 75.4 Å². The quantitative estimate of drug-likeness (QED) is 0.810. The van der Waals surface area contributed by atoms with Crippen molar-refractivity contribution in [1.82, 2.24) is 10.2 Å². The minimum atomic E-state index is -0.258. The van der Waals surface area contributed by atoms with Crippen LogP contribution in [0, 0.1) is 11.8 Å². The molecule has 3 N–H and O–H groups in total. The molecule has 0 spiro atoms. The van der Waals surface area contributed by atoms with Gasteiger partial charge in [0.25, 0.3) is 0 Å². The Hall–Kier alpha value is -2.04. The van der Waals surface area contributed by atoms with E-state index >= 15 is 0 Å². The molecule has 0 aliphatic carbocycles. The van der Waals surface area contributed by atoms with Gasteiger partial charge in [0.1, 0.15) is 0 Å². The first-order valence-corrected chi connectivity index (χ1v) is 9.78. The highest BCUT2D eigenvalue weighted by molar-refractivity contribution is 5.78. The number of nitrogens with one attached hydrogen (secondary N) is 1. The average Bonchev–Trinajstić information content (AvgIpc) is 2.65. The number of amides is 3. The van der Waals surface area contributed by atoms with Gasteiger partial charge in [-0.1, -0.05) is 52.0 Å². The molecule has 1 aromatic rings. The predicted molar refractivity (Wildman–Crippen MR) is 105 cm³/mol. The van der Waals surface area contributed by atoms with E-state index in [9.17, 15) is 9.59 Å². The third-order valence-electron chi connectivity index (χ3n) is 5.61. The lowest BCUT2D eigenvalue weighted by atomic mass is 9.92. The molecule has 1 heterocycles. The zero-order valence-corrected chi connectivity index (χ0v) is 16.5. The fourth-order valence-corrected chi connectivity index (χ4v) is 3.49. The number of rotatable bonds is 6. The van der Waals surface area contributed by atoms with Gasteiger partial charge in [-0.05, 0) is 42.2 Å². The van der Waals surface area contributed by atoms with Crippen LogP contribution in [-0.2, 0) is 4.79 Å². The van der Waals surface area contributed by atoms with Crippen LogP contribution in [0.2, 0.25) is 0 Å². The number of hydrogen-bond acceptors (Lipinski definition) is 2. The second kappa shape index (κ2) is 9.06. The van der Waals surface area contributed by atoms with Crippen LogP contribution in [0.5, 0.6) is 0 Å². The van der Waals surface area contributed by atoms with Gasteiger partial charge in [0, 0.05) is 19.0 Å². The van der Waals surface area contributed by atoms with Crippen LogP contribution in [0.3, 0.4) is 0 Å². The average molecular weight is 360 g/mol. The Morgan fingerprint density at radius 2 is 1.65 bits per heavy atom. The van der Waals surface area contributed by atoms with Crippen molar-refractivity contribution < 1.29 is 9.59 Å². The van der Waals surface area contributed by atoms with Gasteiger partial charge in [-0.2, -0.15) is 0 Å². The lowest BCUT2D eigenvalue weighted by molar-refractivity contribution is -0.123. The lowest BCUT2D eigenvalue weighted by Gasteiger charge is -2.33. The van der Waals surface area contributed by atoms with E-state index in [0.29, 0.717) is 31.8 Å². The van der Waals surface area contributed by atoms with E-state index in [4.69, 9.17) is 5.73 Å². The molecule has 0 aromatic heterocycles. The number of urea groups is 1. The van der Waals surface area contributed by atoms with Crippen LogP contribution in [-0.4, -0.2) is 29.9 Å². The number of nitrogens with zero attached hydrogens (tertiary/aromatic N) is 1. The zero-order chi connectivity index (χ0) is 19.3. The van der Waals surface area contributed by atoms with Gasteiger partial charge in [0.15, 0.2) is 0 Å². The van der Waals surface area contributed by atoms with E-state index in [1.165, 1.54) is 5.56 Å². The first-order valence-electron chi connectivity index (χ1n) is 9.78. The maximum Gasteiger partial charge on any atom is 0.317 e. The molecule has 1 saturated heterocycles. The highest BCUT2D eigenvalue weighted by Crippen LogP contribution is 2.26. The van der Waals surface area contributed by atoms with Crippen molar-refractivity contribution in [3.63, 3.8) is 0 Å². The highest BCUT2D eigenvalue weighted by atomic mass is 16.2. The summed E-state index contributed by atoms with van der Waals surface area (Å²) >= 11 is 0. The second-order valence-corrected chi connectivity index (χ2v) is 7.81. The summed E-state index contributed by atoms with van der Waals surface area (Å²) in [5.74, 6) is 0.471. The van der Waals surface area contributed by atoms with Gasteiger partial charge < -0.3 is 16.0 Å². The monoisotopic (exact) mass is 359 g/mol. The summed E-state index contributed by atoms with van der Waals surface area (Å²) in [6, 6.07) is 8.52. The SMILES string of the molecule is CC[C@H](C)c1ccc([C@@H](NC(=O)N2CCC(C(N)=O)CC2)C(C)C)cc1. The number of benzene rings is 1. The standard InChI is InChI=1S/C21H33N3O2/c1-5-15(4)16-6-8-17(9-7-16)19(14(2)3)23-21(26)24-12-10-18(11-13-24)20(22)25/h6-9,14-15,18-19H,5,10-13H2,1-4H3,(H2,22,25)(H,23,26)/t15-,19-/m0/s1. The van der Waals surface area contributed by atoms with Crippen molar-refractivity contribution in [2.24, 2.45) is 17.6 Å². The summed E-state index contributed by atoms with van der Waals surface area (Å²) in [6.45, 7) is 9.82. The number of carbonyl (C=O) groups excluding carboxylic acids is 2. The molecule has 5 nitrogen and oxygen atoms in total. The molecule has 0 unspecified atom stereocenters. The first kappa shape index (κ1) is 20.3. The van der Waals surface area contributed by atoms with E-state index in [-0.39, 0.29) is 29.8 Å². The molecule has 26 heavy (non-hydrogen) atoms. The molecule has 0 bridgehead atoms. The minimum absolute atomic E-state index is 0.0256. The van der Waals surface area contributed by atoms with Crippen molar-refractivity contribution in [3.05, 3.63) is 35.4 Å². The number of nitrogens with two attached hydrogens (primary N) is 1. The summed E-state index contributed by atoms with van der Waals surface area (Å²) in [7, 11) is 0. The Morgan fingerprint density at radius 3 is 2.12 bits per heavy atom. The molecule has 1 aromatic carbocycles. The van der Waals surface area contributed by atoms with E-state index in [1.807, 2.05) is 0 Å². The van der Waals surface area contributed by atoms with Crippen LogP contribution in [0.1, 0.15) is 70.0 Å². The molecule has 2 atom stereocenters. The van der Waals surface area contributed by atoms with Crippen molar-refractivity contribution in [1.29, 1.82) is 0 Å². The molecule has 0 radical (unpaired) electrons. The molecule has 3 amide bonds. The Morgan fingerprint density at radius 1 is 1.12 bits per heavy atom. The normalized spacial score (nSPS) is 17.8. The van der Waals surface area contributed by atoms with E-state index < -0.39 is 0 Å². The van der Waals surface area contributed by atoms with E-state index in [0.717, 1.165) is 12.0 Å². The Kier molecular flexibility index (Phi) is 7.06. The molecule has 2 rings (SSSR count). The molecule has 1 aliphatic rings. The lowest BCUT2D eigenvalue weighted by Crippen LogP contribution is -2.47. The third-order valence-corrected chi connectivity index (χ3v) is 5.61. The van der Waals surface area contributed by atoms with Gasteiger partial charge in [-0.3, -0.25) is 4.79 Å². The number of hydrogen-bond donors (Lipinski definition) is 2. The van der Waals surface area contributed by atoms with Crippen LogP contribution >= 0.6 is 0 Å². The van der Waals surface area contributed by atoms with E-state index in [1.54, 1.807) is 4.90 Å². The largest absolute Gasteiger partial charge is 0.369 e. The summed E-state index contributed by atoms with van der Waals surface area (Å²) in [6.07, 6.45) is 2.42. The molecule has 1 aliphatic heterocycles. The van der Waals surface area contributed by atoms with Gasteiger partial charge in [0.2, 0.25) is 5.91 Å². The molecular formula is C21H33N3O2. The van der Waals surface area contributed by atoms with Crippen LogP contribution in [0.15, 0.2) is 24.3 Å². The fraction of sp³-hybridized carbons (Fsp3) is 0.619. The first-order chi connectivity index (χ1) is 12.3. The van der Waals surface area contributed by atoms with Gasteiger partial charge >= 0.3 is 6.03 Å². The maximum absolute atomic E-state index is 12.7. The van der Waals surface area contributed by atoms with Crippen molar-refractivity contribution in [2.45, 2.75) is 58.9 Å². The molecule has 5 heteroatoms. The second-order valence-electron chi connectivity index (χ2n) is 7.81. The van der Waals surface area contributed by atoms with Gasteiger partial charge in [0.05, 0.1) is 6.04 Å². The number of likely N-dealkylation sites (tertiary alicyclic amines) is 1. The Balaban J connectivity index is 2.02. The maximum atomic E-state index is 12.7. The molecule has 144 valence electrons. The fourth-order valence-electron chi connectivity index (χ4n) is 3.49. The summed E-state index contributed by atoms with van der Waals surface area (Å²) < 4.78 is 0. The Bertz CT molecular complexity index is 604. The summed E-state index contributed by atoms with van der Waals surface area (Å²) in [5.41, 5.74) is 7.83. The van der Waals surface area contributed by atoms with Gasteiger partial charge in [-0.25, -0.2) is 4.79 Å². The van der Waals surface area contributed by atoms with Crippen LogP contribution in [0.4, 0.5) is 4.79 Å². The van der Waals surface area contributed by atoms with Gasteiger partial charge in [-0.15, -0.1) is 0 Å².